The van der Waals surface area contributed by atoms with Crippen molar-refractivity contribution in [2.24, 2.45) is 11.3 Å². The number of imidazole rings is 1. The largest absolute Gasteiger partial charge is 0.345 e. The monoisotopic (exact) mass is 523 g/mol. The second-order valence-corrected chi connectivity index (χ2v) is 11.2. The van der Waals surface area contributed by atoms with E-state index in [1.807, 2.05) is 36.4 Å². The van der Waals surface area contributed by atoms with Gasteiger partial charge >= 0.3 is 0 Å². The van der Waals surface area contributed by atoms with E-state index in [0.29, 0.717) is 19.1 Å². The normalized spacial score (nSPS) is 20.3. The number of rotatable bonds is 11. The van der Waals surface area contributed by atoms with E-state index >= 15 is 0 Å². The van der Waals surface area contributed by atoms with Crippen LogP contribution >= 0.6 is 0 Å². The molecule has 1 saturated heterocycles. The minimum absolute atomic E-state index is 0.0135. The number of hydrogen-bond donors (Lipinski definition) is 1. The summed E-state index contributed by atoms with van der Waals surface area (Å²) in [5.41, 5.74) is 5.43. The van der Waals surface area contributed by atoms with Gasteiger partial charge in [0.1, 0.15) is 0 Å². The van der Waals surface area contributed by atoms with E-state index in [9.17, 15) is 0 Å². The van der Waals surface area contributed by atoms with Gasteiger partial charge in [0.15, 0.2) is 5.82 Å². The predicted molar refractivity (Wildman–Crippen MR) is 158 cm³/mol. The number of aromatic nitrogens is 2. The Morgan fingerprint density at radius 2 is 1.49 bits per heavy atom. The molecule has 204 valence electrons. The summed E-state index contributed by atoms with van der Waals surface area (Å²) in [5, 5.41) is 0. The van der Waals surface area contributed by atoms with Crippen molar-refractivity contribution in [1.82, 2.24) is 14.9 Å². The Hall–Kier alpha value is -3.25. The third-order valence-corrected chi connectivity index (χ3v) is 8.05. The fraction of sp³-hybridized carbons (Fsp3) is 0.382. The van der Waals surface area contributed by atoms with Crippen molar-refractivity contribution in [1.29, 1.82) is 0 Å². The first kappa shape index (κ1) is 27.3. The Labute approximate surface area is 233 Å². The minimum atomic E-state index is -0.493. The zero-order valence-electron chi connectivity index (χ0n) is 23.5. The Kier molecular flexibility index (Phi) is 8.92. The van der Waals surface area contributed by atoms with Crippen LogP contribution in [0, 0.1) is 11.3 Å². The van der Waals surface area contributed by atoms with Crippen LogP contribution < -0.4 is 0 Å². The smallest absolute Gasteiger partial charge is 0.217 e. The lowest BCUT2D eigenvalue weighted by Gasteiger charge is -2.42. The summed E-state index contributed by atoms with van der Waals surface area (Å²) in [5.74, 6) is 1.27. The first-order valence-corrected chi connectivity index (χ1v) is 14.2. The molecule has 1 unspecified atom stereocenters. The first-order chi connectivity index (χ1) is 19.1. The third kappa shape index (κ3) is 6.67. The summed E-state index contributed by atoms with van der Waals surface area (Å²) >= 11 is 0. The lowest BCUT2D eigenvalue weighted by atomic mass is 9.74. The van der Waals surface area contributed by atoms with E-state index in [1.165, 1.54) is 18.4 Å². The second kappa shape index (κ2) is 12.7. The van der Waals surface area contributed by atoms with Crippen LogP contribution in [0.2, 0.25) is 0 Å². The average Bonchev–Trinajstić information content (AvgIpc) is 3.43. The zero-order valence-corrected chi connectivity index (χ0v) is 23.5. The van der Waals surface area contributed by atoms with Gasteiger partial charge in [-0.05, 0) is 37.9 Å². The van der Waals surface area contributed by atoms with Crippen LogP contribution in [-0.2, 0) is 16.0 Å². The van der Waals surface area contributed by atoms with Crippen LogP contribution in [0.5, 0.6) is 0 Å². The SMILES string of the molecule is CCC(CCCN(C)Cc1ccccc1)C1(C)COC(c2nc(-c3ccccc3)c(-c3ccccc3)[nH]2)OC1. The van der Waals surface area contributed by atoms with Crippen molar-refractivity contribution >= 4 is 0 Å². The van der Waals surface area contributed by atoms with Crippen molar-refractivity contribution in [3.63, 3.8) is 0 Å². The first-order valence-electron chi connectivity index (χ1n) is 14.2. The van der Waals surface area contributed by atoms with Gasteiger partial charge in [-0.3, -0.25) is 0 Å². The summed E-state index contributed by atoms with van der Waals surface area (Å²) in [6, 6.07) is 31.3. The Morgan fingerprint density at radius 1 is 0.897 bits per heavy atom. The molecule has 1 fully saturated rings. The summed E-state index contributed by atoms with van der Waals surface area (Å²) < 4.78 is 12.8. The maximum absolute atomic E-state index is 6.38. The van der Waals surface area contributed by atoms with Crippen molar-refractivity contribution in [2.45, 2.75) is 45.9 Å². The van der Waals surface area contributed by atoms with Crippen molar-refractivity contribution in [2.75, 3.05) is 26.8 Å². The van der Waals surface area contributed by atoms with Gasteiger partial charge in [-0.25, -0.2) is 4.98 Å². The lowest BCUT2D eigenvalue weighted by Crippen LogP contribution is -2.42. The van der Waals surface area contributed by atoms with Crippen LogP contribution in [0.1, 0.15) is 50.8 Å². The van der Waals surface area contributed by atoms with Crippen LogP contribution in [0.4, 0.5) is 0 Å². The van der Waals surface area contributed by atoms with E-state index in [0.717, 1.165) is 47.8 Å². The number of hydrogen-bond acceptors (Lipinski definition) is 4. The summed E-state index contributed by atoms with van der Waals surface area (Å²) in [6.45, 7) is 8.01. The molecule has 0 amide bonds. The van der Waals surface area contributed by atoms with Crippen LogP contribution in [0.3, 0.4) is 0 Å². The summed E-state index contributed by atoms with van der Waals surface area (Å²) in [4.78, 5) is 10.9. The van der Waals surface area contributed by atoms with Crippen molar-refractivity contribution in [3.8, 4) is 22.5 Å². The van der Waals surface area contributed by atoms with Crippen LogP contribution in [-0.4, -0.2) is 41.7 Å². The molecule has 5 nitrogen and oxygen atoms in total. The van der Waals surface area contributed by atoms with Crippen molar-refractivity contribution in [3.05, 3.63) is 102 Å². The quantitative estimate of drug-likeness (QED) is 0.218. The highest BCUT2D eigenvalue weighted by Gasteiger charge is 2.40. The highest BCUT2D eigenvalue weighted by molar-refractivity contribution is 5.78. The molecule has 0 bridgehead atoms. The van der Waals surface area contributed by atoms with Gasteiger partial charge in [0.05, 0.1) is 24.6 Å². The molecule has 39 heavy (non-hydrogen) atoms. The molecule has 5 heteroatoms. The van der Waals surface area contributed by atoms with E-state index in [-0.39, 0.29) is 5.41 Å². The number of aromatic amines is 1. The Bertz CT molecular complexity index is 1230. The fourth-order valence-electron chi connectivity index (χ4n) is 5.76. The standard InChI is InChI=1S/C34H41N3O2/c1-4-29(21-14-22-37(3)23-26-15-8-5-9-16-26)34(2)24-38-33(39-25-34)32-35-30(27-17-10-6-11-18-27)31(36-32)28-19-12-7-13-20-28/h5-13,15-20,29,33H,4,14,21-25H2,1-3H3,(H,35,36). The number of H-pyrrole nitrogens is 1. The van der Waals surface area contributed by atoms with Gasteiger partial charge in [0.2, 0.25) is 6.29 Å². The fourth-order valence-corrected chi connectivity index (χ4v) is 5.76. The van der Waals surface area contributed by atoms with Crippen LogP contribution in [0.15, 0.2) is 91.0 Å². The Balaban J connectivity index is 1.22. The molecular weight excluding hydrogens is 482 g/mol. The number of nitrogens with one attached hydrogen (secondary N) is 1. The number of nitrogens with zero attached hydrogens (tertiary/aromatic N) is 2. The number of ether oxygens (including phenoxy) is 2. The summed E-state index contributed by atoms with van der Waals surface area (Å²) in [6.07, 6.45) is 2.96. The molecule has 0 spiro atoms. The second-order valence-electron chi connectivity index (χ2n) is 11.2. The van der Waals surface area contributed by atoms with E-state index in [2.05, 4.69) is 85.4 Å². The maximum Gasteiger partial charge on any atom is 0.217 e. The zero-order chi connectivity index (χ0) is 27.1. The highest BCUT2D eigenvalue weighted by atomic mass is 16.7. The highest BCUT2D eigenvalue weighted by Crippen LogP contribution is 2.41. The molecule has 0 aliphatic carbocycles. The molecule has 1 aliphatic heterocycles. The molecule has 1 aliphatic rings. The van der Waals surface area contributed by atoms with E-state index in [1.54, 1.807) is 0 Å². The predicted octanol–water partition coefficient (Wildman–Crippen LogP) is 7.73. The molecule has 1 aromatic heterocycles. The van der Waals surface area contributed by atoms with E-state index in [4.69, 9.17) is 14.5 Å². The molecule has 0 saturated carbocycles. The third-order valence-electron chi connectivity index (χ3n) is 8.05. The Morgan fingerprint density at radius 3 is 2.10 bits per heavy atom. The van der Waals surface area contributed by atoms with Gasteiger partial charge in [-0.15, -0.1) is 0 Å². The van der Waals surface area contributed by atoms with Crippen molar-refractivity contribution < 1.29 is 9.47 Å². The molecule has 2 heterocycles. The van der Waals surface area contributed by atoms with Gasteiger partial charge in [-0.2, -0.15) is 0 Å². The maximum atomic E-state index is 6.38. The molecule has 5 rings (SSSR count). The van der Waals surface area contributed by atoms with Gasteiger partial charge in [-0.1, -0.05) is 111 Å². The van der Waals surface area contributed by atoms with Crippen LogP contribution in [0.25, 0.3) is 22.5 Å². The molecule has 4 aromatic rings. The molecule has 1 N–H and O–H groups in total. The minimum Gasteiger partial charge on any atom is -0.345 e. The average molecular weight is 524 g/mol. The molecule has 3 aromatic carbocycles. The molecular formula is C34H41N3O2. The van der Waals surface area contributed by atoms with Gasteiger partial charge in [0, 0.05) is 23.1 Å². The van der Waals surface area contributed by atoms with Gasteiger partial charge < -0.3 is 19.4 Å². The molecule has 1 atom stereocenters. The topological polar surface area (TPSA) is 50.4 Å². The van der Waals surface area contributed by atoms with Gasteiger partial charge in [0.25, 0.3) is 0 Å². The molecule has 0 radical (unpaired) electrons. The van der Waals surface area contributed by atoms with E-state index < -0.39 is 6.29 Å². The number of benzene rings is 3. The lowest BCUT2D eigenvalue weighted by molar-refractivity contribution is -0.245. The summed E-state index contributed by atoms with van der Waals surface area (Å²) in [7, 11) is 2.21.